The molecule has 0 aliphatic carbocycles. The van der Waals surface area contributed by atoms with Crippen LogP contribution >= 0.6 is 0 Å². The number of esters is 2. The average molecular weight is 1040 g/mol. The summed E-state index contributed by atoms with van der Waals surface area (Å²) in [6, 6.07) is 0. The minimum Gasteiger partial charge on any atom is -0.545 e. The number of aliphatic carboxylic acids is 1. The summed E-state index contributed by atoms with van der Waals surface area (Å²) in [5.41, 5.74) is 0. The molecule has 0 aliphatic heterocycles. The SMILES string of the molecule is CC/C=C\C/C=C\C/C=C\C/C=C\C/C=C\C/C=C\C/C=C\C/C=C\C/C=C\C/C=C\C/C=C\CCCCCCCC(=O)OC(COC(=O)CCCCCCCCCCCCC)COC(OCC[N+](C)(C)C)C(=O)[O-]. The first-order valence-corrected chi connectivity index (χ1v) is 29.3. The van der Waals surface area contributed by atoms with E-state index >= 15 is 0 Å². The van der Waals surface area contributed by atoms with E-state index in [1.807, 2.05) is 21.1 Å². The van der Waals surface area contributed by atoms with Crippen molar-refractivity contribution in [2.24, 2.45) is 0 Å². The molecule has 75 heavy (non-hydrogen) atoms. The number of unbranched alkanes of at least 4 members (excludes halogenated alkanes) is 15. The third-order valence-corrected chi connectivity index (χ3v) is 11.9. The summed E-state index contributed by atoms with van der Waals surface area (Å²) in [7, 11) is 5.90. The average Bonchev–Trinajstić information content (AvgIpc) is 3.38. The zero-order valence-electron chi connectivity index (χ0n) is 48.1. The van der Waals surface area contributed by atoms with E-state index in [0.29, 0.717) is 17.4 Å². The van der Waals surface area contributed by atoms with E-state index in [9.17, 15) is 19.5 Å². The molecule has 0 saturated carbocycles. The molecule has 0 bridgehead atoms. The van der Waals surface area contributed by atoms with Gasteiger partial charge < -0.3 is 33.3 Å². The maximum atomic E-state index is 12.8. The largest absolute Gasteiger partial charge is 0.545 e. The van der Waals surface area contributed by atoms with Gasteiger partial charge in [-0.15, -0.1) is 0 Å². The third kappa shape index (κ3) is 57.0. The van der Waals surface area contributed by atoms with Crippen LogP contribution in [0.2, 0.25) is 0 Å². The van der Waals surface area contributed by atoms with Crippen LogP contribution < -0.4 is 5.11 Å². The van der Waals surface area contributed by atoms with E-state index < -0.39 is 24.3 Å². The molecule has 0 radical (unpaired) electrons. The van der Waals surface area contributed by atoms with Gasteiger partial charge in [0.1, 0.15) is 13.2 Å². The van der Waals surface area contributed by atoms with Crippen LogP contribution in [-0.4, -0.2) is 82.3 Å². The summed E-state index contributed by atoms with van der Waals surface area (Å²) in [6.07, 6.45) is 76.6. The highest BCUT2D eigenvalue weighted by Gasteiger charge is 2.22. The maximum absolute atomic E-state index is 12.8. The Hall–Kier alpha value is -4.57. The molecule has 0 fully saturated rings. The van der Waals surface area contributed by atoms with Crippen molar-refractivity contribution in [2.75, 3.05) is 47.5 Å². The second-order valence-corrected chi connectivity index (χ2v) is 20.2. The molecule has 2 unspecified atom stereocenters. The van der Waals surface area contributed by atoms with Gasteiger partial charge in [0.05, 0.1) is 40.3 Å². The molecule has 9 nitrogen and oxygen atoms in total. The van der Waals surface area contributed by atoms with Gasteiger partial charge in [0.15, 0.2) is 12.4 Å². The van der Waals surface area contributed by atoms with E-state index in [-0.39, 0.29) is 38.6 Å². The van der Waals surface area contributed by atoms with E-state index in [1.165, 1.54) is 51.4 Å². The lowest BCUT2D eigenvalue weighted by molar-refractivity contribution is -0.870. The summed E-state index contributed by atoms with van der Waals surface area (Å²) in [5, 5.41) is 11.7. The Kier molecular flexibility index (Phi) is 52.3. The Morgan fingerprint density at radius 3 is 1.13 bits per heavy atom. The molecule has 0 aromatic carbocycles. The number of hydrogen-bond donors (Lipinski definition) is 0. The summed E-state index contributed by atoms with van der Waals surface area (Å²) < 4.78 is 22.6. The van der Waals surface area contributed by atoms with Crippen LogP contribution in [-0.2, 0) is 33.3 Å². The van der Waals surface area contributed by atoms with Gasteiger partial charge >= 0.3 is 11.9 Å². The van der Waals surface area contributed by atoms with Crippen LogP contribution in [0.15, 0.2) is 134 Å². The molecule has 0 spiro atoms. The molecular formula is C66H107NO8. The summed E-state index contributed by atoms with van der Waals surface area (Å²) in [4.78, 5) is 37.1. The van der Waals surface area contributed by atoms with Crippen molar-refractivity contribution in [1.29, 1.82) is 0 Å². The van der Waals surface area contributed by atoms with Gasteiger partial charge in [-0.3, -0.25) is 9.59 Å². The normalized spacial score (nSPS) is 13.8. The molecule has 0 amide bonds. The van der Waals surface area contributed by atoms with E-state index in [0.717, 1.165) is 122 Å². The highest BCUT2D eigenvalue weighted by molar-refractivity contribution is 5.70. The zero-order chi connectivity index (χ0) is 54.8. The number of allylic oxidation sites excluding steroid dienone is 22. The van der Waals surface area contributed by atoms with Gasteiger partial charge in [0, 0.05) is 12.8 Å². The minimum absolute atomic E-state index is 0.138. The predicted molar refractivity (Wildman–Crippen MR) is 315 cm³/mol. The van der Waals surface area contributed by atoms with Crippen LogP contribution in [0.4, 0.5) is 0 Å². The summed E-state index contributed by atoms with van der Waals surface area (Å²) >= 11 is 0. The number of quaternary nitrogens is 1. The molecule has 0 heterocycles. The quantitative estimate of drug-likeness (QED) is 0.0195. The molecular weight excluding hydrogens is 935 g/mol. The minimum atomic E-state index is -1.63. The Morgan fingerprint density at radius 1 is 0.413 bits per heavy atom. The van der Waals surface area contributed by atoms with Crippen molar-refractivity contribution < 1.29 is 42.9 Å². The molecule has 2 atom stereocenters. The number of carboxylic acids is 1. The highest BCUT2D eigenvalue weighted by Crippen LogP contribution is 2.14. The van der Waals surface area contributed by atoms with Crippen molar-refractivity contribution in [1.82, 2.24) is 0 Å². The first-order chi connectivity index (χ1) is 36.6. The standard InChI is InChI=1S/C66H107NO8/c1-6-8-10-12-14-16-18-19-20-21-22-23-24-25-26-27-28-29-30-31-32-33-34-35-36-37-38-39-40-41-42-43-44-45-47-49-51-53-55-57-64(69)75-62(61-74-66(65(70)71)72-59-58-67(3,4)5)60-73-63(68)56-54-52-50-48-46-17-15-13-11-9-7-2/h8,10,14,16,19-20,22-23,25-26,28-29,31-32,34-35,37-38,40-41,43-44,62,66H,6-7,9,11-13,15,17-18,21,24,27,30,33,36,39,42,45-61H2,1-5H3/b10-8-,16-14-,20-19-,23-22-,26-25-,29-28-,32-31-,35-34-,38-37-,41-40-,44-43-. The van der Waals surface area contributed by atoms with Crippen LogP contribution in [0.1, 0.15) is 206 Å². The molecule has 0 saturated heterocycles. The highest BCUT2D eigenvalue weighted by atomic mass is 16.7. The van der Waals surface area contributed by atoms with Crippen molar-refractivity contribution in [3.05, 3.63) is 134 Å². The number of carbonyl (C=O) groups excluding carboxylic acids is 3. The number of carbonyl (C=O) groups is 3. The predicted octanol–water partition coefficient (Wildman–Crippen LogP) is 16.1. The molecule has 0 aliphatic rings. The van der Waals surface area contributed by atoms with E-state index in [2.05, 4.69) is 148 Å². The van der Waals surface area contributed by atoms with Crippen LogP contribution in [0.5, 0.6) is 0 Å². The van der Waals surface area contributed by atoms with Crippen LogP contribution in [0, 0.1) is 0 Å². The number of nitrogens with zero attached hydrogens (tertiary/aromatic N) is 1. The van der Waals surface area contributed by atoms with Crippen molar-refractivity contribution >= 4 is 17.9 Å². The van der Waals surface area contributed by atoms with Crippen LogP contribution in [0.25, 0.3) is 0 Å². The van der Waals surface area contributed by atoms with E-state index in [1.54, 1.807) is 0 Å². The van der Waals surface area contributed by atoms with Gasteiger partial charge in [-0.1, -0.05) is 231 Å². The summed E-state index contributed by atoms with van der Waals surface area (Å²) in [5.74, 6) is -2.32. The molecule has 424 valence electrons. The smallest absolute Gasteiger partial charge is 0.306 e. The second kappa shape index (κ2) is 55.7. The van der Waals surface area contributed by atoms with Gasteiger partial charge in [-0.25, -0.2) is 0 Å². The van der Waals surface area contributed by atoms with Gasteiger partial charge in [0.25, 0.3) is 0 Å². The molecule has 0 N–H and O–H groups in total. The molecule has 0 aromatic rings. The number of likely N-dealkylation sites (N-methyl/N-ethyl adjacent to an activating group) is 1. The van der Waals surface area contributed by atoms with Crippen molar-refractivity contribution in [2.45, 2.75) is 219 Å². The number of ether oxygens (including phenoxy) is 4. The van der Waals surface area contributed by atoms with Gasteiger partial charge in [-0.05, 0) is 96.3 Å². The molecule has 0 aromatic heterocycles. The fourth-order valence-corrected chi connectivity index (χ4v) is 7.42. The maximum Gasteiger partial charge on any atom is 0.306 e. The van der Waals surface area contributed by atoms with Gasteiger partial charge in [-0.2, -0.15) is 0 Å². The lowest BCUT2D eigenvalue weighted by Crippen LogP contribution is -2.44. The third-order valence-electron chi connectivity index (χ3n) is 11.9. The fraction of sp³-hybridized carbons (Fsp3) is 0.621. The van der Waals surface area contributed by atoms with Crippen molar-refractivity contribution in [3.63, 3.8) is 0 Å². The zero-order valence-corrected chi connectivity index (χ0v) is 48.1. The Bertz CT molecular complexity index is 1690. The Morgan fingerprint density at radius 2 is 0.760 bits per heavy atom. The Balaban J connectivity index is 4.21. The van der Waals surface area contributed by atoms with Gasteiger partial charge in [0.2, 0.25) is 0 Å². The molecule has 9 heteroatoms. The first kappa shape index (κ1) is 70.4. The fourth-order valence-electron chi connectivity index (χ4n) is 7.42. The lowest BCUT2D eigenvalue weighted by atomic mass is 10.1. The summed E-state index contributed by atoms with van der Waals surface area (Å²) in [6.45, 7) is 4.57. The first-order valence-electron chi connectivity index (χ1n) is 29.3. The number of carboxylic acid groups (broad SMARTS) is 1. The van der Waals surface area contributed by atoms with Crippen LogP contribution in [0.3, 0.4) is 0 Å². The second-order valence-electron chi connectivity index (χ2n) is 20.2. The number of hydrogen-bond acceptors (Lipinski definition) is 8. The van der Waals surface area contributed by atoms with Crippen molar-refractivity contribution in [3.8, 4) is 0 Å². The number of rotatable bonds is 52. The topological polar surface area (TPSA) is 111 Å². The monoisotopic (exact) mass is 1040 g/mol. The van der Waals surface area contributed by atoms with E-state index in [4.69, 9.17) is 18.9 Å². The molecule has 0 rings (SSSR count). The lowest BCUT2D eigenvalue weighted by Gasteiger charge is -2.26. The Labute approximate surface area is 459 Å².